The Balaban J connectivity index is 0.00000210. The van der Waals surface area contributed by atoms with Crippen molar-refractivity contribution in [1.29, 1.82) is 0 Å². The van der Waals surface area contributed by atoms with Crippen molar-refractivity contribution in [3.8, 4) is 11.1 Å². The molecular formula is C33H48FNO2. The fourth-order valence-corrected chi connectivity index (χ4v) is 8.37. The highest BCUT2D eigenvalue weighted by atomic mass is 19.1. The van der Waals surface area contributed by atoms with Crippen LogP contribution in [0.1, 0.15) is 84.5 Å². The van der Waals surface area contributed by atoms with Gasteiger partial charge in [-0.25, -0.2) is 4.39 Å². The third-order valence-electron chi connectivity index (χ3n) is 10.2. The number of pyridine rings is 1. The van der Waals surface area contributed by atoms with E-state index < -0.39 is 5.41 Å². The molecule has 5 rings (SSSR count). The second-order valence-electron chi connectivity index (χ2n) is 11.7. The molecule has 2 aromatic rings. The van der Waals surface area contributed by atoms with E-state index in [-0.39, 0.29) is 40.3 Å². The van der Waals surface area contributed by atoms with Crippen LogP contribution in [0.3, 0.4) is 0 Å². The summed E-state index contributed by atoms with van der Waals surface area (Å²) in [5.41, 5.74) is 3.36. The molecule has 37 heavy (non-hydrogen) atoms. The van der Waals surface area contributed by atoms with Crippen LogP contribution >= 0.6 is 0 Å². The molecule has 1 aromatic heterocycles. The molecule has 0 N–H and O–H groups in total. The summed E-state index contributed by atoms with van der Waals surface area (Å²) in [6, 6.07) is 10.6. The van der Waals surface area contributed by atoms with Crippen LogP contribution < -0.4 is 0 Å². The molecule has 4 heteroatoms. The minimum atomic E-state index is -0.477. The Labute approximate surface area is 227 Å². The van der Waals surface area contributed by atoms with Crippen molar-refractivity contribution in [1.82, 2.24) is 4.98 Å². The van der Waals surface area contributed by atoms with Gasteiger partial charge in [0.1, 0.15) is 11.9 Å². The Morgan fingerprint density at radius 2 is 1.92 bits per heavy atom. The number of esters is 1. The van der Waals surface area contributed by atoms with Crippen molar-refractivity contribution < 1.29 is 19.6 Å². The second-order valence-corrected chi connectivity index (χ2v) is 11.7. The number of carbonyl (C=O) groups is 1. The number of ether oxygens (including phenoxy) is 1. The number of benzene rings is 1. The summed E-state index contributed by atoms with van der Waals surface area (Å²) in [6.45, 7) is 11.2. The molecule has 1 saturated carbocycles. The lowest BCUT2D eigenvalue weighted by molar-refractivity contribution is -0.153. The third-order valence-corrected chi connectivity index (χ3v) is 10.2. The third kappa shape index (κ3) is 3.82. The van der Waals surface area contributed by atoms with Gasteiger partial charge < -0.3 is 4.74 Å². The number of rotatable bonds is 6. The molecule has 1 aromatic carbocycles. The van der Waals surface area contributed by atoms with E-state index in [1.807, 2.05) is 24.4 Å². The smallest absolute Gasteiger partial charge is 0.313 e. The molecule has 0 spiro atoms. The van der Waals surface area contributed by atoms with Gasteiger partial charge in [0.15, 0.2) is 0 Å². The molecule has 2 fully saturated rings. The van der Waals surface area contributed by atoms with Crippen LogP contribution in [0.25, 0.3) is 17.2 Å². The Kier molecular flexibility index (Phi) is 6.66. The zero-order valence-electron chi connectivity index (χ0n) is 22.9. The Morgan fingerprint density at radius 3 is 2.57 bits per heavy atom. The predicted octanol–water partition coefficient (Wildman–Crippen LogP) is 9.40. The van der Waals surface area contributed by atoms with Gasteiger partial charge in [-0.1, -0.05) is 63.6 Å². The molecule has 1 unspecified atom stereocenters. The summed E-state index contributed by atoms with van der Waals surface area (Å²) in [6.07, 6.45) is 14.5. The fraction of sp³-hybridized carbons (Fsp3) is 0.515. The molecule has 3 aliphatic rings. The van der Waals surface area contributed by atoms with Gasteiger partial charge in [-0.15, -0.1) is 0 Å². The first kappa shape index (κ1) is 25.9. The fourth-order valence-electron chi connectivity index (χ4n) is 8.37. The van der Waals surface area contributed by atoms with E-state index in [1.165, 1.54) is 17.7 Å². The lowest BCUT2D eigenvalue weighted by Crippen LogP contribution is -2.58. The first-order chi connectivity index (χ1) is 17.7. The number of fused-ring (bicyclic) bond motifs is 2. The molecule has 0 bridgehead atoms. The lowest BCUT2D eigenvalue weighted by atomic mass is 9.40. The number of nitrogens with zero attached hydrogens (tertiary/aromatic N) is 1. The van der Waals surface area contributed by atoms with E-state index in [9.17, 15) is 9.18 Å². The number of halogens is 1. The zero-order valence-corrected chi connectivity index (χ0v) is 22.9. The average molecular weight is 510 g/mol. The lowest BCUT2D eigenvalue weighted by Gasteiger charge is -2.61. The van der Waals surface area contributed by atoms with Gasteiger partial charge in [-0.2, -0.15) is 0 Å². The Bertz CT molecular complexity index is 1250. The summed E-state index contributed by atoms with van der Waals surface area (Å²) in [5, 5.41) is 0. The van der Waals surface area contributed by atoms with Crippen LogP contribution in [-0.4, -0.2) is 17.1 Å². The van der Waals surface area contributed by atoms with Gasteiger partial charge in [0.2, 0.25) is 0 Å². The maximum Gasteiger partial charge on any atom is 0.313 e. The molecule has 0 amide bonds. The van der Waals surface area contributed by atoms with Crippen LogP contribution in [-0.2, 0) is 9.53 Å². The number of hydrogen-bond acceptors (Lipinski definition) is 3. The van der Waals surface area contributed by atoms with Gasteiger partial charge >= 0.3 is 5.97 Å². The predicted molar refractivity (Wildman–Crippen MR) is 155 cm³/mol. The summed E-state index contributed by atoms with van der Waals surface area (Å²) in [7, 11) is 0. The molecule has 3 nitrogen and oxygen atoms in total. The molecule has 2 aliphatic carbocycles. The van der Waals surface area contributed by atoms with Crippen molar-refractivity contribution in [3.63, 3.8) is 0 Å². The molecule has 2 heterocycles. The van der Waals surface area contributed by atoms with E-state index in [0.29, 0.717) is 5.92 Å². The first-order valence-corrected chi connectivity index (χ1v) is 14.1. The number of hydrogen-bond donors (Lipinski definition) is 0. The minimum Gasteiger partial charge on any atom is -0.462 e. The largest absolute Gasteiger partial charge is 0.462 e. The Morgan fingerprint density at radius 1 is 1.11 bits per heavy atom. The van der Waals surface area contributed by atoms with E-state index in [0.717, 1.165) is 55.3 Å². The van der Waals surface area contributed by atoms with Crippen molar-refractivity contribution in [2.45, 2.75) is 79.2 Å². The first-order valence-electron chi connectivity index (χ1n) is 14.1. The van der Waals surface area contributed by atoms with Crippen LogP contribution in [0.15, 0.2) is 60.3 Å². The average Bonchev–Trinajstić information content (AvgIpc) is 3.12. The highest BCUT2D eigenvalue weighted by Gasteiger charge is 2.72. The van der Waals surface area contributed by atoms with Crippen molar-refractivity contribution >= 4 is 12.0 Å². The molecular weight excluding hydrogens is 461 g/mol. The molecule has 1 saturated heterocycles. The normalized spacial score (nSPS) is 35.1. The van der Waals surface area contributed by atoms with Crippen molar-refractivity contribution in [3.05, 3.63) is 71.8 Å². The molecule has 6 atom stereocenters. The van der Waals surface area contributed by atoms with Crippen LogP contribution in [0.4, 0.5) is 4.39 Å². The minimum absolute atomic E-state index is 0. The van der Waals surface area contributed by atoms with E-state index in [2.05, 4.69) is 52.8 Å². The summed E-state index contributed by atoms with van der Waals surface area (Å²) in [5.74, 6) is 0.485. The SMILES string of the molecule is CC[C@@]12C[C@H](C)CC=C1C(/C=C/c1ccc(-c3cccc(F)c3)cn1)[C@]1(CC)[C@@H](C)OC(=O)[C@]1(CC)C2.[HH].[HH].[HH].[HH]. The highest BCUT2D eigenvalue weighted by molar-refractivity contribution is 5.82. The zero-order chi connectivity index (χ0) is 26.4. The molecule has 0 radical (unpaired) electrons. The number of cyclic esters (lactones) is 1. The van der Waals surface area contributed by atoms with Gasteiger partial charge in [-0.05, 0) is 86.6 Å². The highest BCUT2D eigenvalue weighted by Crippen LogP contribution is 2.72. The maximum absolute atomic E-state index is 13.7. The number of aromatic nitrogens is 1. The van der Waals surface area contributed by atoms with Crippen LogP contribution in [0.2, 0.25) is 0 Å². The van der Waals surface area contributed by atoms with Crippen LogP contribution in [0, 0.1) is 33.9 Å². The van der Waals surface area contributed by atoms with Crippen molar-refractivity contribution in [2.24, 2.45) is 28.1 Å². The summed E-state index contributed by atoms with van der Waals surface area (Å²) < 4.78 is 19.8. The molecule has 1 aliphatic heterocycles. The van der Waals surface area contributed by atoms with Gasteiger partial charge in [0.25, 0.3) is 0 Å². The number of allylic oxidation sites excluding steroid dienone is 3. The van der Waals surface area contributed by atoms with Gasteiger partial charge in [-0.3, -0.25) is 9.78 Å². The monoisotopic (exact) mass is 509 g/mol. The quantitative estimate of drug-likeness (QED) is 0.287. The second kappa shape index (κ2) is 9.53. The van der Waals surface area contributed by atoms with E-state index in [4.69, 9.17) is 9.72 Å². The summed E-state index contributed by atoms with van der Waals surface area (Å²) in [4.78, 5) is 18.4. The van der Waals surface area contributed by atoms with Crippen LogP contribution in [0.5, 0.6) is 0 Å². The Hall–Kier alpha value is -2.75. The summed E-state index contributed by atoms with van der Waals surface area (Å²) >= 11 is 0. The molecule has 204 valence electrons. The topological polar surface area (TPSA) is 39.2 Å². The standard InChI is InChI=1S/C33H40FNO2.4H2/c1-6-31-19-22(4)12-16-28(31)29(33(8-3)23(5)37-30(36)32(33,7-2)21-31)17-15-27-14-13-25(20-35-27)24-10-9-11-26(34)18-24;;;;/h9-11,13-18,20,22-23,29H,6-8,12,19,21H2,1-5H3;4*1H/b17-15+;;;;/t22-,23-,29?,31+,32+,33+;;;;/m1..../s1. The van der Waals surface area contributed by atoms with Crippen molar-refractivity contribution in [2.75, 3.05) is 0 Å². The maximum atomic E-state index is 13.7. The van der Waals surface area contributed by atoms with Gasteiger partial charge in [0.05, 0.1) is 11.1 Å². The van der Waals surface area contributed by atoms with E-state index >= 15 is 0 Å². The van der Waals surface area contributed by atoms with E-state index in [1.54, 1.807) is 6.07 Å². The van der Waals surface area contributed by atoms with Gasteiger partial charge in [0, 0.05) is 28.8 Å². The number of carbonyl (C=O) groups excluding carboxylic acids is 1.